The third-order valence-corrected chi connectivity index (χ3v) is 3.70. The van der Waals surface area contributed by atoms with Crippen LogP contribution in [0.3, 0.4) is 0 Å². The first-order valence-electron chi connectivity index (χ1n) is 7.17. The van der Waals surface area contributed by atoms with Crippen molar-refractivity contribution in [2.24, 2.45) is 14.1 Å². The normalized spacial score (nSPS) is 18.4. The topological polar surface area (TPSA) is 72.2 Å². The molecule has 0 radical (unpaired) electrons. The molecule has 1 unspecified atom stereocenters. The van der Waals surface area contributed by atoms with Gasteiger partial charge in [-0.25, -0.2) is 9.48 Å². The van der Waals surface area contributed by atoms with Gasteiger partial charge in [-0.15, -0.1) is 5.10 Å². The number of aryl methyl sites for hydroxylation is 1. The van der Waals surface area contributed by atoms with Crippen LogP contribution in [-0.4, -0.2) is 40.0 Å². The van der Waals surface area contributed by atoms with E-state index in [9.17, 15) is 9.59 Å². The van der Waals surface area contributed by atoms with Gasteiger partial charge in [0.05, 0.1) is 0 Å². The smallest absolute Gasteiger partial charge is 0.346 e. The van der Waals surface area contributed by atoms with Crippen LogP contribution in [-0.2, 0) is 14.1 Å². The van der Waals surface area contributed by atoms with Gasteiger partial charge in [0, 0.05) is 33.2 Å². The molecule has 2 heterocycles. The van der Waals surface area contributed by atoms with Gasteiger partial charge in [0.2, 0.25) is 5.82 Å². The standard InChI is InChI=1S/C13H23N5O2/c1-4-8-18(9-10-6-5-7-14-10)11-12(19)16(2)13(20)17(3)15-11/h10,14H,4-9H2,1-3H3. The van der Waals surface area contributed by atoms with Crippen molar-refractivity contribution in [2.75, 3.05) is 24.5 Å². The van der Waals surface area contributed by atoms with Crippen molar-refractivity contribution >= 4 is 5.82 Å². The molecule has 112 valence electrons. The van der Waals surface area contributed by atoms with Crippen molar-refractivity contribution in [3.63, 3.8) is 0 Å². The van der Waals surface area contributed by atoms with E-state index in [1.165, 1.54) is 18.2 Å². The summed E-state index contributed by atoms with van der Waals surface area (Å²) in [5, 5.41) is 7.59. The summed E-state index contributed by atoms with van der Waals surface area (Å²) in [4.78, 5) is 25.9. The van der Waals surface area contributed by atoms with Crippen molar-refractivity contribution in [1.29, 1.82) is 0 Å². The molecule has 1 fully saturated rings. The summed E-state index contributed by atoms with van der Waals surface area (Å²) in [5.74, 6) is 0.366. The van der Waals surface area contributed by atoms with Crippen LogP contribution in [0.2, 0.25) is 0 Å². The Balaban J connectivity index is 2.33. The molecule has 20 heavy (non-hydrogen) atoms. The number of anilines is 1. The van der Waals surface area contributed by atoms with E-state index < -0.39 is 5.69 Å². The van der Waals surface area contributed by atoms with Crippen LogP contribution in [0.4, 0.5) is 5.82 Å². The fraction of sp³-hybridized carbons (Fsp3) is 0.769. The van der Waals surface area contributed by atoms with E-state index in [-0.39, 0.29) is 5.56 Å². The van der Waals surface area contributed by atoms with E-state index in [4.69, 9.17) is 0 Å². The van der Waals surface area contributed by atoms with E-state index in [1.807, 2.05) is 4.90 Å². The zero-order valence-electron chi connectivity index (χ0n) is 12.4. The first-order valence-corrected chi connectivity index (χ1v) is 7.17. The van der Waals surface area contributed by atoms with Gasteiger partial charge in [0.25, 0.3) is 5.56 Å². The number of rotatable bonds is 5. The summed E-state index contributed by atoms with van der Waals surface area (Å²) in [6, 6.07) is 0.394. The largest absolute Gasteiger partial charge is 0.349 e. The first-order chi connectivity index (χ1) is 9.54. The van der Waals surface area contributed by atoms with Gasteiger partial charge in [-0.05, 0) is 25.8 Å². The molecule has 0 amide bonds. The zero-order valence-corrected chi connectivity index (χ0v) is 12.4. The number of hydrogen-bond acceptors (Lipinski definition) is 5. The second-order valence-corrected chi connectivity index (χ2v) is 5.33. The zero-order chi connectivity index (χ0) is 14.7. The van der Waals surface area contributed by atoms with Crippen LogP contribution in [0.25, 0.3) is 0 Å². The van der Waals surface area contributed by atoms with Gasteiger partial charge in [-0.2, -0.15) is 0 Å². The van der Waals surface area contributed by atoms with Crippen LogP contribution in [0.1, 0.15) is 26.2 Å². The number of nitrogens with one attached hydrogen (secondary N) is 1. The van der Waals surface area contributed by atoms with Crippen LogP contribution < -0.4 is 21.5 Å². The maximum Gasteiger partial charge on any atom is 0.346 e. The monoisotopic (exact) mass is 281 g/mol. The van der Waals surface area contributed by atoms with Crippen LogP contribution >= 0.6 is 0 Å². The third-order valence-electron chi connectivity index (χ3n) is 3.70. The molecule has 0 bridgehead atoms. The predicted molar refractivity (Wildman–Crippen MR) is 78.2 cm³/mol. The molecule has 2 rings (SSSR count). The average molecular weight is 281 g/mol. The summed E-state index contributed by atoms with van der Waals surface area (Å²) in [6.45, 7) is 4.62. The highest BCUT2D eigenvalue weighted by molar-refractivity contribution is 5.35. The molecule has 1 aromatic rings. The molecular formula is C13H23N5O2. The van der Waals surface area contributed by atoms with Gasteiger partial charge in [0.15, 0.2) is 0 Å². The minimum Gasteiger partial charge on any atom is -0.349 e. The summed E-state index contributed by atoms with van der Waals surface area (Å²) in [6.07, 6.45) is 3.22. The third kappa shape index (κ3) is 2.92. The molecular weight excluding hydrogens is 258 g/mol. The second-order valence-electron chi connectivity index (χ2n) is 5.33. The van der Waals surface area contributed by atoms with Gasteiger partial charge in [-0.3, -0.25) is 9.36 Å². The SMILES string of the molecule is CCCN(CC1CCCN1)c1nn(C)c(=O)n(C)c1=O. The minimum absolute atomic E-state index is 0.320. The highest BCUT2D eigenvalue weighted by Crippen LogP contribution is 2.10. The predicted octanol–water partition coefficient (Wildman–Crippen LogP) is -0.553. The lowest BCUT2D eigenvalue weighted by molar-refractivity contribution is 0.547. The Morgan fingerprint density at radius 1 is 1.40 bits per heavy atom. The van der Waals surface area contributed by atoms with E-state index in [1.54, 1.807) is 7.05 Å². The van der Waals surface area contributed by atoms with Crippen molar-refractivity contribution in [3.8, 4) is 0 Å². The molecule has 1 aliphatic rings. The first kappa shape index (κ1) is 14.8. The maximum atomic E-state index is 12.3. The number of aromatic nitrogens is 3. The highest BCUT2D eigenvalue weighted by Gasteiger charge is 2.21. The molecule has 1 aliphatic heterocycles. The van der Waals surface area contributed by atoms with Crippen molar-refractivity contribution in [2.45, 2.75) is 32.2 Å². The Hall–Kier alpha value is -1.63. The van der Waals surface area contributed by atoms with Crippen LogP contribution in [0.15, 0.2) is 9.59 Å². The molecule has 1 atom stereocenters. The summed E-state index contributed by atoms with van der Waals surface area (Å²) in [7, 11) is 3.07. The van der Waals surface area contributed by atoms with Gasteiger partial charge < -0.3 is 10.2 Å². The van der Waals surface area contributed by atoms with Gasteiger partial charge >= 0.3 is 5.69 Å². The summed E-state index contributed by atoms with van der Waals surface area (Å²) >= 11 is 0. The molecule has 0 aliphatic carbocycles. The van der Waals surface area contributed by atoms with Crippen molar-refractivity contribution in [1.82, 2.24) is 19.7 Å². The minimum atomic E-state index is -0.394. The second kappa shape index (κ2) is 6.21. The summed E-state index contributed by atoms with van der Waals surface area (Å²) in [5.41, 5.74) is -0.714. The lowest BCUT2D eigenvalue weighted by Gasteiger charge is -2.26. The Bertz CT molecular complexity index is 571. The fourth-order valence-electron chi connectivity index (χ4n) is 2.61. The quantitative estimate of drug-likeness (QED) is 0.784. The van der Waals surface area contributed by atoms with E-state index in [0.717, 1.165) is 37.0 Å². The Morgan fingerprint density at radius 3 is 2.75 bits per heavy atom. The van der Waals surface area contributed by atoms with E-state index in [0.29, 0.717) is 11.9 Å². The van der Waals surface area contributed by atoms with Crippen molar-refractivity contribution in [3.05, 3.63) is 20.8 Å². The van der Waals surface area contributed by atoms with E-state index in [2.05, 4.69) is 17.3 Å². The molecule has 0 aromatic carbocycles. The lowest BCUT2D eigenvalue weighted by Crippen LogP contribution is -2.46. The fourth-order valence-corrected chi connectivity index (χ4v) is 2.61. The maximum absolute atomic E-state index is 12.3. The molecule has 0 spiro atoms. The van der Waals surface area contributed by atoms with Crippen LogP contribution in [0.5, 0.6) is 0 Å². The number of nitrogens with zero attached hydrogens (tertiary/aromatic N) is 4. The van der Waals surface area contributed by atoms with Gasteiger partial charge in [0.1, 0.15) is 0 Å². The van der Waals surface area contributed by atoms with E-state index >= 15 is 0 Å². The Morgan fingerprint density at radius 2 is 2.15 bits per heavy atom. The van der Waals surface area contributed by atoms with Gasteiger partial charge in [-0.1, -0.05) is 6.92 Å². The number of hydrogen-bond donors (Lipinski definition) is 1. The Labute approximate surface area is 118 Å². The molecule has 0 saturated carbocycles. The molecule has 7 heteroatoms. The molecule has 7 nitrogen and oxygen atoms in total. The highest BCUT2D eigenvalue weighted by atomic mass is 16.2. The Kier molecular flexibility index (Phi) is 4.59. The lowest BCUT2D eigenvalue weighted by atomic mass is 10.2. The molecule has 1 saturated heterocycles. The van der Waals surface area contributed by atoms with Crippen molar-refractivity contribution < 1.29 is 0 Å². The molecule has 1 N–H and O–H groups in total. The summed E-state index contributed by atoms with van der Waals surface area (Å²) < 4.78 is 2.34. The molecule has 1 aromatic heterocycles. The van der Waals surface area contributed by atoms with Crippen LogP contribution in [0, 0.1) is 0 Å². The average Bonchev–Trinajstić information content (AvgIpc) is 2.93.